The van der Waals surface area contributed by atoms with Gasteiger partial charge < -0.3 is 14.8 Å². The molecule has 1 atom stereocenters. The lowest BCUT2D eigenvalue weighted by Crippen LogP contribution is -2.28. The molecule has 0 bridgehead atoms. The summed E-state index contributed by atoms with van der Waals surface area (Å²) in [6.07, 6.45) is 0.956. The third-order valence-corrected chi connectivity index (χ3v) is 2.70. The van der Waals surface area contributed by atoms with Crippen molar-refractivity contribution in [3.63, 3.8) is 0 Å². The van der Waals surface area contributed by atoms with Gasteiger partial charge in [0.1, 0.15) is 5.75 Å². The largest absolute Gasteiger partial charge is 0.434 e. The summed E-state index contributed by atoms with van der Waals surface area (Å²) < 4.78 is 34.0. The van der Waals surface area contributed by atoms with Crippen LogP contribution in [0.1, 0.15) is 12.0 Å². The van der Waals surface area contributed by atoms with Crippen molar-refractivity contribution in [1.82, 2.24) is 5.32 Å². The average Bonchev–Trinajstić information content (AvgIpc) is 2.80. The third kappa shape index (κ3) is 3.64. The normalized spacial score (nSPS) is 19.8. The highest BCUT2D eigenvalue weighted by Crippen LogP contribution is 2.20. The molecule has 1 aliphatic heterocycles. The minimum Gasteiger partial charge on any atom is -0.434 e. The van der Waals surface area contributed by atoms with Gasteiger partial charge in [-0.3, -0.25) is 0 Å². The fourth-order valence-electron chi connectivity index (χ4n) is 1.81. The Balaban J connectivity index is 1.94. The van der Waals surface area contributed by atoms with Crippen molar-refractivity contribution in [1.29, 1.82) is 0 Å². The van der Waals surface area contributed by atoms with E-state index in [2.05, 4.69) is 10.1 Å². The van der Waals surface area contributed by atoms with Gasteiger partial charge in [-0.15, -0.1) is 0 Å². The second-order valence-corrected chi connectivity index (χ2v) is 3.93. The Kier molecular flexibility index (Phi) is 4.28. The maximum Gasteiger partial charge on any atom is 0.387 e. The number of halogens is 2. The van der Waals surface area contributed by atoms with E-state index in [-0.39, 0.29) is 5.75 Å². The lowest BCUT2D eigenvalue weighted by atomic mass is 10.2. The zero-order valence-electron chi connectivity index (χ0n) is 9.36. The Morgan fingerprint density at radius 1 is 1.41 bits per heavy atom. The molecule has 0 radical (unpaired) electrons. The van der Waals surface area contributed by atoms with Crippen LogP contribution in [0.5, 0.6) is 5.75 Å². The molecule has 2 rings (SSSR count). The first-order valence-corrected chi connectivity index (χ1v) is 5.59. The number of nitrogens with one attached hydrogen (secondary N) is 1. The van der Waals surface area contributed by atoms with Gasteiger partial charge in [-0.25, -0.2) is 0 Å². The van der Waals surface area contributed by atoms with Crippen LogP contribution in [0, 0.1) is 0 Å². The van der Waals surface area contributed by atoms with Crippen LogP contribution >= 0.6 is 0 Å². The van der Waals surface area contributed by atoms with Crippen molar-refractivity contribution >= 4 is 0 Å². The molecule has 1 unspecified atom stereocenters. The summed E-state index contributed by atoms with van der Waals surface area (Å²) in [7, 11) is 0. The molecule has 0 amide bonds. The van der Waals surface area contributed by atoms with Crippen molar-refractivity contribution in [3.8, 4) is 5.75 Å². The smallest absolute Gasteiger partial charge is 0.387 e. The van der Waals surface area contributed by atoms with Gasteiger partial charge in [0.05, 0.1) is 6.61 Å². The van der Waals surface area contributed by atoms with Gasteiger partial charge in [-0.2, -0.15) is 8.78 Å². The molecule has 0 aromatic heterocycles. The Labute approximate surface area is 98.7 Å². The minimum atomic E-state index is -2.79. The molecule has 1 aromatic rings. The van der Waals surface area contributed by atoms with Gasteiger partial charge in [0.2, 0.25) is 0 Å². The minimum absolute atomic E-state index is 0.230. The third-order valence-electron chi connectivity index (χ3n) is 2.70. The van der Waals surface area contributed by atoms with E-state index in [0.717, 1.165) is 18.6 Å². The molecule has 1 aromatic carbocycles. The van der Waals surface area contributed by atoms with E-state index in [1.807, 2.05) is 0 Å². The molecule has 5 heteroatoms. The fourth-order valence-corrected chi connectivity index (χ4v) is 1.81. The van der Waals surface area contributed by atoms with E-state index >= 15 is 0 Å². The van der Waals surface area contributed by atoms with E-state index in [1.54, 1.807) is 24.3 Å². The maximum atomic E-state index is 12.2. The topological polar surface area (TPSA) is 30.5 Å². The van der Waals surface area contributed by atoms with Crippen LogP contribution in [0.4, 0.5) is 8.78 Å². The van der Waals surface area contributed by atoms with Gasteiger partial charge in [-0.05, 0) is 12.5 Å². The second-order valence-electron chi connectivity index (χ2n) is 3.93. The summed E-state index contributed by atoms with van der Waals surface area (Å²) in [4.78, 5) is 0. The Morgan fingerprint density at radius 3 is 2.94 bits per heavy atom. The Bertz CT molecular complexity index is 354. The van der Waals surface area contributed by atoms with Gasteiger partial charge in [-0.1, -0.05) is 18.2 Å². The fraction of sp³-hybridized carbons (Fsp3) is 0.500. The highest BCUT2D eigenvalue weighted by Gasteiger charge is 2.16. The summed E-state index contributed by atoms with van der Waals surface area (Å²) in [5.41, 5.74) is 0.736. The lowest BCUT2D eigenvalue weighted by Gasteiger charge is -2.13. The zero-order valence-corrected chi connectivity index (χ0v) is 9.36. The summed E-state index contributed by atoms with van der Waals surface area (Å²) >= 11 is 0. The molecular formula is C12H15F2NO2. The summed E-state index contributed by atoms with van der Waals surface area (Å²) in [5.74, 6) is 0.230. The maximum absolute atomic E-state index is 12.2. The number of ether oxygens (including phenoxy) is 2. The van der Waals surface area contributed by atoms with E-state index in [9.17, 15) is 8.78 Å². The molecule has 3 nitrogen and oxygen atoms in total. The van der Waals surface area contributed by atoms with Crippen molar-refractivity contribution < 1.29 is 18.3 Å². The van der Waals surface area contributed by atoms with Crippen LogP contribution in [0.25, 0.3) is 0 Å². The summed E-state index contributed by atoms with van der Waals surface area (Å²) in [6.45, 7) is -0.840. The predicted molar refractivity (Wildman–Crippen MR) is 59.1 cm³/mol. The van der Waals surface area contributed by atoms with Gasteiger partial charge in [0.25, 0.3) is 0 Å². The molecule has 1 saturated heterocycles. The molecule has 94 valence electrons. The Morgan fingerprint density at radius 2 is 2.24 bits per heavy atom. The molecule has 1 aliphatic rings. The van der Waals surface area contributed by atoms with Crippen LogP contribution in [0.15, 0.2) is 24.3 Å². The number of hydrogen-bond acceptors (Lipinski definition) is 3. The first-order valence-electron chi connectivity index (χ1n) is 5.59. The van der Waals surface area contributed by atoms with E-state index in [1.165, 1.54) is 0 Å². The summed E-state index contributed by atoms with van der Waals surface area (Å²) in [5, 5.41) is 3.26. The van der Waals surface area contributed by atoms with Gasteiger partial charge in [0, 0.05) is 24.8 Å². The van der Waals surface area contributed by atoms with Crippen molar-refractivity contribution in [3.05, 3.63) is 29.8 Å². The molecular weight excluding hydrogens is 228 g/mol. The molecule has 0 spiro atoms. The van der Waals surface area contributed by atoms with Crippen LogP contribution in [-0.4, -0.2) is 25.9 Å². The molecule has 1 heterocycles. The first kappa shape index (κ1) is 12.3. The van der Waals surface area contributed by atoms with Crippen LogP contribution in [0.3, 0.4) is 0 Å². The zero-order chi connectivity index (χ0) is 12.1. The number of para-hydroxylation sites is 1. The van der Waals surface area contributed by atoms with Crippen LogP contribution < -0.4 is 10.1 Å². The average molecular weight is 243 g/mol. The van der Waals surface area contributed by atoms with E-state index in [0.29, 0.717) is 19.2 Å². The molecule has 0 saturated carbocycles. The van der Waals surface area contributed by atoms with E-state index in [4.69, 9.17) is 4.74 Å². The number of rotatable bonds is 5. The standard InChI is InChI=1S/C12H15F2NO2/c13-12(14)17-11-4-2-1-3-9(11)7-15-10-5-6-16-8-10/h1-4,10,12,15H,5-8H2. The highest BCUT2D eigenvalue weighted by atomic mass is 19.3. The van der Waals surface area contributed by atoms with Crippen molar-refractivity contribution in [2.75, 3.05) is 13.2 Å². The quantitative estimate of drug-likeness (QED) is 0.859. The summed E-state index contributed by atoms with van der Waals surface area (Å²) in [6, 6.07) is 7.12. The highest BCUT2D eigenvalue weighted by molar-refractivity contribution is 5.33. The SMILES string of the molecule is FC(F)Oc1ccccc1CNC1CCOC1. The van der Waals surface area contributed by atoms with Crippen molar-refractivity contribution in [2.24, 2.45) is 0 Å². The number of hydrogen-bond donors (Lipinski definition) is 1. The molecule has 0 aliphatic carbocycles. The molecule has 1 N–H and O–H groups in total. The van der Waals surface area contributed by atoms with E-state index < -0.39 is 6.61 Å². The van der Waals surface area contributed by atoms with Gasteiger partial charge in [0.15, 0.2) is 0 Å². The van der Waals surface area contributed by atoms with Gasteiger partial charge >= 0.3 is 6.61 Å². The lowest BCUT2D eigenvalue weighted by molar-refractivity contribution is -0.0505. The van der Waals surface area contributed by atoms with Crippen LogP contribution in [-0.2, 0) is 11.3 Å². The Hall–Kier alpha value is -1.20. The molecule has 17 heavy (non-hydrogen) atoms. The number of alkyl halides is 2. The van der Waals surface area contributed by atoms with Crippen molar-refractivity contribution in [2.45, 2.75) is 25.6 Å². The predicted octanol–water partition coefficient (Wildman–Crippen LogP) is 2.17. The van der Waals surface area contributed by atoms with Crippen LogP contribution in [0.2, 0.25) is 0 Å². The first-order chi connectivity index (χ1) is 8.25. The molecule has 1 fully saturated rings. The monoisotopic (exact) mass is 243 g/mol. The number of benzene rings is 1. The second kappa shape index (κ2) is 5.93.